The maximum Gasteiger partial charge on any atom is 0.346 e. The number of fused-ring (bicyclic) bond motifs is 4. The molecule has 5 aromatic rings. The molecule has 196 valence electrons. The number of ether oxygens (including phenoxy) is 1. The van der Waals surface area contributed by atoms with Crippen molar-refractivity contribution in [2.24, 2.45) is 0 Å². The van der Waals surface area contributed by atoms with Crippen molar-refractivity contribution >= 4 is 28.3 Å². The molecule has 5 nitrogen and oxygen atoms in total. The summed E-state index contributed by atoms with van der Waals surface area (Å²) in [5.74, 6) is 0.0616. The summed E-state index contributed by atoms with van der Waals surface area (Å²) in [4.78, 5) is 29.5. The molecular formula is C33H29NO4S. The number of carbonyl (C=O) groups excluding carboxylic acids is 1. The first-order valence-electron chi connectivity index (χ1n) is 13.5. The van der Waals surface area contributed by atoms with Crippen molar-refractivity contribution in [2.45, 2.75) is 52.4 Å². The largest absolute Gasteiger partial charge is 0.426 e. The first-order valence-corrected chi connectivity index (χ1v) is 14.3. The predicted molar refractivity (Wildman–Crippen MR) is 156 cm³/mol. The Morgan fingerprint density at radius 1 is 0.974 bits per heavy atom. The SMILES string of the molecule is CCCCCCc1cc2cc(-c3nc(-c4ccc5c(c4)Cc4ccccc4-5)cs3)c(=O)oc2cc1OC(C)=O. The van der Waals surface area contributed by atoms with Crippen LogP contribution in [-0.4, -0.2) is 11.0 Å². The second-order valence-electron chi connectivity index (χ2n) is 10.1. The Hall–Kier alpha value is -4.03. The fourth-order valence-electron chi connectivity index (χ4n) is 5.37. The number of rotatable bonds is 8. The first kappa shape index (κ1) is 25.3. The zero-order valence-corrected chi connectivity index (χ0v) is 22.9. The fourth-order valence-corrected chi connectivity index (χ4v) is 6.20. The van der Waals surface area contributed by atoms with Gasteiger partial charge in [0.25, 0.3) is 0 Å². The average molecular weight is 536 g/mol. The lowest BCUT2D eigenvalue weighted by Crippen LogP contribution is -2.06. The van der Waals surface area contributed by atoms with Gasteiger partial charge in [-0.15, -0.1) is 11.3 Å². The van der Waals surface area contributed by atoms with Crippen LogP contribution in [0, 0.1) is 0 Å². The maximum atomic E-state index is 13.0. The maximum absolute atomic E-state index is 13.0. The highest BCUT2D eigenvalue weighted by Gasteiger charge is 2.20. The van der Waals surface area contributed by atoms with E-state index in [2.05, 4.69) is 49.4 Å². The number of carbonyl (C=O) groups is 1. The average Bonchev–Trinajstić information content (AvgIpc) is 3.55. The van der Waals surface area contributed by atoms with E-state index in [1.807, 2.05) is 17.5 Å². The van der Waals surface area contributed by atoms with E-state index in [1.54, 1.807) is 6.07 Å². The highest BCUT2D eigenvalue weighted by Crippen LogP contribution is 2.39. The molecule has 0 unspecified atom stereocenters. The summed E-state index contributed by atoms with van der Waals surface area (Å²) in [5, 5.41) is 3.40. The zero-order valence-electron chi connectivity index (χ0n) is 22.1. The van der Waals surface area contributed by atoms with E-state index in [0.717, 1.165) is 54.3 Å². The molecule has 0 spiro atoms. The second-order valence-corrected chi connectivity index (χ2v) is 11.0. The molecule has 0 fully saturated rings. The Balaban J connectivity index is 1.32. The monoisotopic (exact) mass is 535 g/mol. The van der Waals surface area contributed by atoms with Crippen LogP contribution in [0.4, 0.5) is 0 Å². The number of benzene rings is 3. The predicted octanol–water partition coefficient (Wildman–Crippen LogP) is 8.20. The van der Waals surface area contributed by atoms with Crippen LogP contribution in [-0.2, 0) is 17.6 Å². The molecule has 6 rings (SSSR count). The van der Waals surface area contributed by atoms with Gasteiger partial charge in [0, 0.05) is 29.3 Å². The number of aromatic nitrogens is 1. The molecule has 3 aromatic carbocycles. The Labute approximate surface area is 231 Å². The molecule has 0 N–H and O–H groups in total. The summed E-state index contributed by atoms with van der Waals surface area (Å²) in [5.41, 5.74) is 8.40. The topological polar surface area (TPSA) is 69.4 Å². The summed E-state index contributed by atoms with van der Waals surface area (Å²) >= 11 is 1.44. The molecular weight excluding hydrogens is 506 g/mol. The van der Waals surface area contributed by atoms with E-state index in [-0.39, 0.29) is 0 Å². The zero-order chi connectivity index (χ0) is 26.9. The van der Waals surface area contributed by atoms with E-state index in [4.69, 9.17) is 14.1 Å². The highest BCUT2D eigenvalue weighted by atomic mass is 32.1. The summed E-state index contributed by atoms with van der Waals surface area (Å²) in [6.45, 7) is 3.56. The third-order valence-corrected chi connectivity index (χ3v) is 8.17. The van der Waals surface area contributed by atoms with Gasteiger partial charge in [0.15, 0.2) is 0 Å². The number of hydrogen-bond donors (Lipinski definition) is 0. The van der Waals surface area contributed by atoms with E-state index in [0.29, 0.717) is 21.9 Å². The molecule has 0 radical (unpaired) electrons. The summed E-state index contributed by atoms with van der Waals surface area (Å²) in [7, 11) is 0. The number of thiazole rings is 1. The molecule has 0 saturated carbocycles. The van der Waals surface area contributed by atoms with Crippen molar-refractivity contribution in [3.8, 4) is 38.7 Å². The standard InChI is InChI=1S/C33H29NO4S/c1-3-4-5-6-10-23-16-25-17-28(33(36)38-31(25)18-30(23)37-20(2)35)32-34-29(19-39-32)22-12-13-27-24(15-22)14-21-9-7-8-11-26(21)27/h7-9,11-13,15-19H,3-6,10,14H2,1-2H3. The lowest BCUT2D eigenvalue weighted by molar-refractivity contribution is -0.131. The van der Waals surface area contributed by atoms with Crippen LogP contribution in [0.5, 0.6) is 5.75 Å². The molecule has 0 atom stereocenters. The number of hydrogen-bond acceptors (Lipinski definition) is 6. The molecule has 2 heterocycles. The molecule has 1 aliphatic carbocycles. The molecule has 0 bridgehead atoms. The molecule has 2 aromatic heterocycles. The van der Waals surface area contributed by atoms with Crippen molar-refractivity contribution in [1.82, 2.24) is 4.98 Å². The number of unbranched alkanes of at least 4 members (excludes halogenated alkanes) is 3. The Bertz CT molecular complexity index is 1760. The van der Waals surface area contributed by atoms with Crippen molar-refractivity contribution in [2.75, 3.05) is 0 Å². The highest BCUT2D eigenvalue weighted by molar-refractivity contribution is 7.13. The van der Waals surface area contributed by atoms with E-state index < -0.39 is 11.6 Å². The number of aryl methyl sites for hydroxylation is 1. The van der Waals surface area contributed by atoms with Gasteiger partial charge in [-0.2, -0.15) is 0 Å². The summed E-state index contributed by atoms with van der Waals surface area (Å²) in [6.07, 6.45) is 6.13. The van der Waals surface area contributed by atoms with Crippen LogP contribution in [0.1, 0.15) is 56.2 Å². The molecule has 39 heavy (non-hydrogen) atoms. The minimum absolute atomic E-state index is 0.395. The third-order valence-electron chi connectivity index (χ3n) is 7.29. The van der Waals surface area contributed by atoms with Gasteiger partial charge < -0.3 is 9.15 Å². The fraction of sp³-hybridized carbons (Fsp3) is 0.242. The Kier molecular flexibility index (Phi) is 6.88. The summed E-state index contributed by atoms with van der Waals surface area (Å²) < 4.78 is 11.2. The Morgan fingerprint density at radius 3 is 2.67 bits per heavy atom. The van der Waals surface area contributed by atoms with Crippen LogP contribution in [0.3, 0.4) is 0 Å². The van der Waals surface area contributed by atoms with Crippen molar-refractivity contribution in [1.29, 1.82) is 0 Å². The van der Waals surface area contributed by atoms with Crippen LogP contribution in [0.25, 0.3) is 43.9 Å². The van der Waals surface area contributed by atoms with Gasteiger partial charge >= 0.3 is 11.6 Å². The van der Waals surface area contributed by atoms with Crippen LogP contribution in [0.2, 0.25) is 0 Å². The lowest BCUT2D eigenvalue weighted by Gasteiger charge is -2.11. The minimum Gasteiger partial charge on any atom is -0.426 e. The van der Waals surface area contributed by atoms with Gasteiger partial charge in [-0.25, -0.2) is 9.78 Å². The van der Waals surface area contributed by atoms with Gasteiger partial charge in [-0.05, 0) is 65.3 Å². The van der Waals surface area contributed by atoms with Gasteiger partial charge in [0.05, 0.1) is 11.3 Å². The van der Waals surface area contributed by atoms with Crippen molar-refractivity contribution in [3.63, 3.8) is 0 Å². The quantitative estimate of drug-likeness (QED) is 0.0850. The minimum atomic E-state index is -0.461. The molecule has 1 aliphatic rings. The Morgan fingerprint density at radius 2 is 1.82 bits per heavy atom. The second kappa shape index (κ2) is 10.6. The van der Waals surface area contributed by atoms with E-state index in [9.17, 15) is 9.59 Å². The lowest BCUT2D eigenvalue weighted by atomic mass is 10.0. The molecule has 0 amide bonds. The van der Waals surface area contributed by atoms with Crippen molar-refractivity contribution in [3.05, 3.63) is 93.2 Å². The van der Waals surface area contributed by atoms with Gasteiger partial charge in [0.1, 0.15) is 16.3 Å². The number of nitrogens with zero attached hydrogens (tertiary/aromatic N) is 1. The van der Waals surface area contributed by atoms with Crippen molar-refractivity contribution < 1.29 is 13.9 Å². The molecule has 0 aliphatic heterocycles. The number of esters is 1. The smallest absolute Gasteiger partial charge is 0.346 e. The van der Waals surface area contributed by atoms with Crippen LogP contribution < -0.4 is 10.4 Å². The molecule has 0 saturated heterocycles. The molecule has 6 heteroatoms. The van der Waals surface area contributed by atoms with E-state index >= 15 is 0 Å². The van der Waals surface area contributed by atoms with Gasteiger partial charge in [0.2, 0.25) is 0 Å². The van der Waals surface area contributed by atoms with E-state index in [1.165, 1.54) is 46.9 Å². The third kappa shape index (κ3) is 5.04. The van der Waals surface area contributed by atoms with Crippen LogP contribution >= 0.6 is 11.3 Å². The van der Waals surface area contributed by atoms with Gasteiger partial charge in [-0.3, -0.25) is 4.79 Å². The summed E-state index contributed by atoms with van der Waals surface area (Å²) in [6, 6.07) is 20.5. The first-order chi connectivity index (χ1) is 19.0. The van der Waals surface area contributed by atoms with Crippen LogP contribution in [0.15, 0.2) is 75.3 Å². The normalized spacial score (nSPS) is 11.9. The van der Waals surface area contributed by atoms with Gasteiger partial charge in [-0.1, -0.05) is 62.6 Å².